The number of hydrogen-bond acceptors (Lipinski definition) is 5. The fourth-order valence-corrected chi connectivity index (χ4v) is 5.47. The summed E-state index contributed by atoms with van der Waals surface area (Å²) in [5, 5.41) is 0. The average molecular weight is 337 g/mol. The summed E-state index contributed by atoms with van der Waals surface area (Å²) in [5.41, 5.74) is 0. The lowest BCUT2D eigenvalue weighted by molar-refractivity contribution is 0.494. The maximum absolute atomic E-state index is 12.5. The first kappa shape index (κ1) is 16.7. The Hall–Kier alpha value is -1.17. The van der Waals surface area contributed by atoms with Gasteiger partial charge >= 0.3 is 0 Å². The lowest BCUT2D eigenvalue weighted by Crippen LogP contribution is -2.53. The van der Waals surface area contributed by atoms with Crippen molar-refractivity contribution in [2.75, 3.05) is 41.7 Å². The van der Waals surface area contributed by atoms with Crippen LogP contribution in [0.25, 0.3) is 0 Å². The molecule has 1 aromatic heterocycles. The Labute approximate surface area is 141 Å². The summed E-state index contributed by atoms with van der Waals surface area (Å²) in [5.74, 6) is 2.77. The van der Waals surface area contributed by atoms with Gasteiger partial charge in [-0.1, -0.05) is 13.8 Å². The summed E-state index contributed by atoms with van der Waals surface area (Å²) in [4.78, 5) is 13.7. The van der Waals surface area contributed by atoms with Gasteiger partial charge in [0.1, 0.15) is 18.0 Å². The summed E-state index contributed by atoms with van der Waals surface area (Å²) in [6.07, 6.45) is 7.41. The predicted molar refractivity (Wildman–Crippen MR) is 96.6 cm³/mol. The first-order chi connectivity index (χ1) is 11.2. The highest BCUT2D eigenvalue weighted by Gasteiger charge is 2.39. The van der Waals surface area contributed by atoms with Crippen molar-refractivity contribution in [2.24, 2.45) is 0 Å². The highest BCUT2D eigenvalue weighted by Crippen LogP contribution is 2.31. The quantitative estimate of drug-likeness (QED) is 0.846. The fraction of sp³-hybridized carbons (Fsp3) is 0.765. The van der Waals surface area contributed by atoms with Gasteiger partial charge in [-0.3, -0.25) is 4.21 Å². The van der Waals surface area contributed by atoms with Gasteiger partial charge in [0.2, 0.25) is 0 Å². The maximum atomic E-state index is 12.5. The van der Waals surface area contributed by atoms with Crippen LogP contribution >= 0.6 is 0 Å². The van der Waals surface area contributed by atoms with Crippen molar-refractivity contribution in [1.82, 2.24) is 9.97 Å². The molecule has 23 heavy (non-hydrogen) atoms. The normalized spacial score (nSPS) is 24.7. The largest absolute Gasteiger partial charge is 0.356 e. The number of anilines is 2. The van der Waals surface area contributed by atoms with Crippen LogP contribution in [0.15, 0.2) is 12.4 Å². The molecule has 3 heterocycles. The van der Waals surface area contributed by atoms with E-state index in [4.69, 9.17) is 0 Å². The van der Waals surface area contributed by atoms with Gasteiger partial charge in [0.05, 0.1) is 4.75 Å². The molecule has 0 aromatic carbocycles. The standard InChI is InChI=1S/C17H28N4OS/c1-3-17(4-2)13-21(10-11-23(17)22)16-12-15(18-14-19-16)20-8-6-5-7-9-20/h12,14H,3-11,13H2,1-2H3. The molecular weight excluding hydrogens is 308 g/mol. The van der Waals surface area contributed by atoms with Crippen molar-refractivity contribution in [2.45, 2.75) is 50.7 Å². The highest BCUT2D eigenvalue weighted by atomic mass is 32.2. The summed E-state index contributed by atoms with van der Waals surface area (Å²) in [7, 11) is -0.736. The molecule has 6 heteroatoms. The van der Waals surface area contributed by atoms with Crippen LogP contribution < -0.4 is 9.80 Å². The molecule has 0 amide bonds. The second-order valence-corrected chi connectivity index (χ2v) is 8.61. The number of nitrogens with zero attached hydrogens (tertiary/aromatic N) is 4. The Morgan fingerprint density at radius 3 is 2.35 bits per heavy atom. The molecule has 0 aliphatic carbocycles. The van der Waals surface area contributed by atoms with E-state index in [0.29, 0.717) is 0 Å². The third kappa shape index (κ3) is 3.37. The lowest BCUT2D eigenvalue weighted by Gasteiger charge is -2.41. The molecule has 128 valence electrons. The van der Waals surface area contributed by atoms with Crippen molar-refractivity contribution < 1.29 is 4.21 Å². The van der Waals surface area contributed by atoms with Crippen LogP contribution in [-0.4, -0.2) is 50.9 Å². The second-order valence-electron chi connectivity index (χ2n) is 6.64. The molecule has 0 spiro atoms. The number of aromatic nitrogens is 2. The van der Waals surface area contributed by atoms with Crippen LogP contribution in [0.3, 0.4) is 0 Å². The zero-order valence-electron chi connectivity index (χ0n) is 14.3. The van der Waals surface area contributed by atoms with Crippen molar-refractivity contribution in [1.29, 1.82) is 0 Å². The van der Waals surface area contributed by atoms with Crippen LogP contribution in [0.4, 0.5) is 11.6 Å². The van der Waals surface area contributed by atoms with Crippen LogP contribution in [0.1, 0.15) is 46.0 Å². The molecule has 2 aliphatic rings. The van der Waals surface area contributed by atoms with Gasteiger partial charge < -0.3 is 9.80 Å². The van der Waals surface area contributed by atoms with E-state index >= 15 is 0 Å². The van der Waals surface area contributed by atoms with Crippen molar-refractivity contribution >= 4 is 22.4 Å². The smallest absolute Gasteiger partial charge is 0.134 e. The SMILES string of the molecule is CCC1(CC)CN(c2cc(N3CCCCC3)ncn2)CCS1=O. The molecule has 2 saturated heterocycles. The molecule has 0 radical (unpaired) electrons. The van der Waals surface area contributed by atoms with E-state index in [1.165, 1.54) is 19.3 Å². The zero-order chi connectivity index (χ0) is 16.3. The van der Waals surface area contributed by atoms with Crippen LogP contribution in [0.2, 0.25) is 0 Å². The van der Waals surface area contributed by atoms with Gasteiger partial charge in [0.15, 0.2) is 0 Å². The molecule has 1 atom stereocenters. The Kier molecular flexibility index (Phi) is 5.19. The third-order valence-electron chi connectivity index (χ3n) is 5.44. The minimum atomic E-state index is -0.736. The van der Waals surface area contributed by atoms with E-state index in [1.54, 1.807) is 6.33 Å². The maximum Gasteiger partial charge on any atom is 0.134 e. The zero-order valence-corrected chi connectivity index (χ0v) is 15.1. The Morgan fingerprint density at radius 1 is 1.04 bits per heavy atom. The first-order valence-electron chi connectivity index (χ1n) is 8.89. The van der Waals surface area contributed by atoms with E-state index in [-0.39, 0.29) is 4.75 Å². The third-order valence-corrected chi connectivity index (χ3v) is 7.67. The number of piperidine rings is 1. The van der Waals surface area contributed by atoms with Crippen molar-refractivity contribution in [3.8, 4) is 0 Å². The van der Waals surface area contributed by atoms with Gasteiger partial charge in [-0.2, -0.15) is 0 Å². The summed E-state index contributed by atoms with van der Waals surface area (Å²) in [6, 6.07) is 2.12. The van der Waals surface area contributed by atoms with Crippen molar-refractivity contribution in [3.05, 3.63) is 12.4 Å². The predicted octanol–water partition coefficient (Wildman–Crippen LogP) is 2.59. The fourth-order valence-electron chi connectivity index (χ4n) is 3.71. The molecular formula is C17H28N4OS. The van der Waals surface area contributed by atoms with Gasteiger partial charge in [0.25, 0.3) is 0 Å². The Bertz CT molecular complexity index is 555. The molecule has 0 bridgehead atoms. The minimum absolute atomic E-state index is 0.0888. The van der Waals surface area contributed by atoms with E-state index < -0.39 is 10.8 Å². The molecule has 2 aliphatic heterocycles. The molecule has 1 unspecified atom stereocenters. The monoisotopic (exact) mass is 336 g/mol. The van der Waals surface area contributed by atoms with Gasteiger partial charge in [-0.05, 0) is 32.1 Å². The Balaban J connectivity index is 1.80. The number of hydrogen-bond donors (Lipinski definition) is 0. The summed E-state index contributed by atoms with van der Waals surface area (Å²) < 4.78 is 12.4. The van der Waals surface area contributed by atoms with Crippen molar-refractivity contribution in [3.63, 3.8) is 0 Å². The summed E-state index contributed by atoms with van der Waals surface area (Å²) in [6.45, 7) is 8.16. The van der Waals surface area contributed by atoms with Crippen LogP contribution in [-0.2, 0) is 10.8 Å². The highest BCUT2D eigenvalue weighted by molar-refractivity contribution is 7.86. The molecule has 2 fully saturated rings. The van der Waals surface area contributed by atoms with Crippen LogP contribution in [0.5, 0.6) is 0 Å². The van der Waals surface area contributed by atoms with Crippen LogP contribution in [0, 0.1) is 0 Å². The van der Waals surface area contributed by atoms with E-state index in [2.05, 4.69) is 39.7 Å². The second kappa shape index (κ2) is 7.16. The molecule has 0 saturated carbocycles. The molecule has 3 rings (SSSR count). The number of rotatable bonds is 4. The van der Waals surface area contributed by atoms with E-state index in [0.717, 1.165) is 56.4 Å². The molecule has 5 nitrogen and oxygen atoms in total. The molecule has 0 N–H and O–H groups in total. The summed E-state index contributed by atoms with van der Waals surface area (Å²) >= 11 is 0. The molecule has 1 aromatic rings. The van der Waals surface area contributed by atoms with E-state index in [1.807, 2.05) is 0 Å². The lowest BCUT2D eigenvalue weighted by atomic mass is 10.0. The van der Waals surface area contributed by atoms with Gasteiger partial charge in [0, 0.05) is 48.8 Å². The first-order valence-corrected chi connectivity index (χ1v) is 10.2. The van der Waals surface area contributed by atoms with E-state index in [9.17, 15) is 4.21 Å². The van der Waals surface area contributed by atoms with Gasteiger partial charge in [-0.15, -0.1) is 0 Å². The van der Waals surface area contributed by atoms with Gasteiger partial charge in [-0.25, -0.2) is 9.97 Å². The minimum Gasteiger partial charge on any atom is -0.356 e. The Morgan fingerprint density at radius 2 is 1.70 bits per heavy atom. The average Bonchev–Trinajstić information content (AvgIpc) is 2.63. The topological polar surface area (TPSA) is 49.3 Å².